The number of phenolic OH excluding ortho intramolecular Hbond substituents is 1. The van der Waals surface area contributed by atoms with Gasteiger partial charge in [-0.2, -0.15) is 0 Å². The molecule has 17 heavy (non-hydrogen) atoms. The Balaban J connectivity index is 2.75. The van der Waals surface area contributed by atoms with E-state index in [2.05, 4.69) is 5.32 Å². The highest BCUT2D eigenvalue weighted by Crippen LogP contribution is 2.18. The van der Waals surface area contributed by atoms with Crippen molar-refractivity contribution >= 4 is 5.91 Å². The molecule has 1 amide bonds. The molecule has 1 aromatic carbocycles. The van der Waals surface area contributed by atoms with E-state index in [1.165, 1.54) is 6.07 Å². The zero-order valence-electron chi connectivity index (χ0n) is 9.74. The van der Waals surface area contributed by atoms with Crippen molar-refractivity contribution in [2.75, 3.05) is 6.54 Å². The molecule has 0 heterocycles. The number of carbonyl (C=O) groups is 1. The Bertz CT molecular complexity index is 396. The summed E-state index contributed by atoms with van der Waals surface area (Å²) in [4.78, 5) is 11.8. The maximum atomic E-state index is 12.8. The second-order valence-corrected chi connectivity index (χ2v) is 3.82. The average molecular weight is 240 g/mol. The van der Waals surface area contributed by atoms with Gasteiger partial charge in [0.25, 0.3) is 5.91 Å². The number of carbonyl (C=O) groups excluding carboxylic acids is 1. The number of rotatable bonds is 5. The third kappa shape index (κ3) is 3.71. The first-order chi connectivity index (χ1) is 8.08. The van der Waals surface area contributed by atoms with Crippen LogP contribution in [0.3, 0.4) is 0 Å². The molecule has 1 rings (SSSR count). The normalized spacial score (nSPS) is 12.2. The van der Waals surface area contributed by atoms with Crippen molar-refractivity contribution in [2.24, 2.45) is 5.73 Å². The van der Waals surface area contributed by atoms with Crippen LogP contribution in [0.25, 0.3) is 0 Å². The summed E-state index contributed by atoms with van der Waals surface area (Å²) in [6.07, 6.45) is 1.43. The van der Waals surface area contributed by atoms with E-state index in [0.29, 0.717) is 13.0 Å². The second-order valence-electron chi connectivity index (χ2n) is 3.82. The Morgan fingerprint density at radius 2 is 2.29 bits per heavy atom. The van der Waals surface area contributed by atoms with Crippen LogP contribution in [-0.4, -0.2) is 23.6 Å². The number of nitrogens with one attached hydrogen (secondary N) is 1. The van der Waals surface area contributed by atoms with E-state index in [1.54, 1.807) is 0 Å². The number of benzene rings is 1. The monoisotopic (exact) mass is 240 g/mol. The molecule has 0 radical (unpaired) electrons. The topological polar surface area (TPSA) is 75.3 Å². The van der Waals surface area contributed by atoms with Crippen molar-refractivity contribution in [2.45, 2.75) is 25.8 Å². The number of halogens is 1. The van der Waals surface area contributed by atoms with Crippen molar-refractivity contribution in [3.63, 3.8) is 0 Å². The largest absolute Gasteiger partial charge is 0.507 e. The lowest BCUT2D eigenvalue weighted by molar-refractivity contribution is 0.0931. The molecule has 0 bridgehead atoms. The molecule has 5 heteroatoms. The van der Waals surface area contributed by atoms with Crippen LogP contribution < -0.4 is 11.1 Å². The Morgan fingerprint density at radius 3 is 2.82 bits per heavy atom. The number of amides is 1. The minimum Gasteiger partial charge on any atom is -0.507 e. The van der Waals surface area contributed by atoms with Crippen LogP contribution >= 0.6 is 0 Å². The molecular weight excluding hydrogens is 223 g/mol. The Hall–Kier alpha value is -1.62. The molecule has 0 aliphatic heterocycles. The summed E-state index contributed by atoms with van der Waals surface area (Å²) in [5.74, 6) is -1.35. The molecule has 4 nitrogen and oxygen atoms in total. The van der Waals surface area contributed by atoms with Crippen LogP contribution in [0.5, 0.6) is 5.75 Å². The Morgan fingerprint density at radius 1 is 1.59 bits per heavy atom. The van der Waals surface area contributed by atoms with Gasteiger partial charge in [0, 0.05) is 12.1 Å². The summed E-state index contributed by atoms with van der Waals surface area (Å²) < 4.78 is 12.8. The quantitative estimate of drug-likeness (QED) is 0.728. The first-order valence-corrected chi connectivity index (χ1v) is 5.58. The number of hydrogen-bond donors (Lipinski definition) is 3. The molecule has 1 aromatic rings. The maximum absolute atomic E-state index is 12.8. The number of phenols is 1. The zero-order chi connectivity index (χ0) is 12.8. The van der Waals surface area contributed by atoms with Crippen LogP contribution in [0.15, 0.2) is 18.2 Å². The summed E-state index contributed by atoms with van der Waals surface area (Å²) in [6.45, 7) is 2.42. The van der Waals surface area contributed by atoms with Gasteiger partial charge in [-0.25, -0.2) is 4.39 Å². The highest BCUT2D eigenvalue weighted by atomic mass is 19.1. The van der Waals surface area contributed by atoms with Gasteiger partial charge in [0.2, 0.25) is 0 Å². The molecule has 0 fully saturated rings. The second kappa shape index (κ2) is 6.20. The summed E-state index contributed by atoms with van der Waals surface area (Å²) in [5.41, 5.74) is 5.49. The van der Waals surface area contributed by atoms with Gasteiger partial charge in [-0.05, 0) is 31.5 Å². The maximum Gasteiger partial charge on any atom is 0.255 e. The molecule has 1 unspecified atom stereocenters. The zero-order valence-corrected chi connectivity index (χ0v) is 9.74. The first kappa shape index (κ1) is 13.4. The average Bonchev–Trinajstić information content (AvgIpc) is 2.28. The van der Waals surface area contributed by atoms with E-state index in [9.17, 15) is 14.3 Å². The third-order valence-electron chi connectivity index (χ3n) is 2.55. The van der Waals surface area contributed by atoms with Gasteiger partial charge in [-0.1, -0.05) is 6.92 Å². The summed E-state index contributed by atoms with van der Waals surface area (Å²) in [7, 11) is 0. The van der Waals surface area contributed by atoms with Crippen molar-refractivity contribution in [3.8, 4) is 5.75 Å². The van der Waals surface area contributed by atoms with Gasteiger partial charge in [0.15, 0.2) is 0 Å². The van der Waals surface area contributed by atoms with Crippen molar-refractivity contribution in [3.05, 3.63) is 29.6 Å². The molecule has 0 spiro atoms. The van der Waals surface area contributed by atoms with Gasteiger partial charge in [0.1, 0.15) is 11.6 Å². The van der Waals surface area contributed by atoms with Crippen LogP contribution in [0.2, 0.25) is 0 Å². The fourth-order valence-corrected chi connectivity index (χ4v) is 1.54. The highest BCUT2D eigenvalue weighted by Gasteiger charge is 2.15. The van der Waals surface area contributed by atoms with E-state index < -0.39 is 11.7 Å². The fourth-order valence-electron chi connectivity index (χ4n) is 1.54. The standard InChI is InChI=1S/C12H17FN2O2/c1-2-9(5-6-14)15-12(17)10-4-3-8(13)7-11(10)16/h3-4,7,9,16H,2,5-6,14H2,1H3,(H,15,17). The lowest BCUT2D eigenvalue weighted by atomic mass is 10.1. The van der Waals surface area contributed by atoms with Gasteiger partial charge in [0.05, 0.1) is 5.56 Å². The van der Waals surface area contributed by atoms with E-state index in [1.807, 2.05) is 6.92 Å². The SMILES string of the molecule is CCC(CCN)NC(=O)c1ccc(F)cc1O. The van der Waals surface area contributed by atoms with Crippen molar-refractivity contribution in [1.29, 1.82) is 0 Å². The first-order valence-electron chi connectivity index (χ1n) is 5.58. The molecule has 0 saturated heterocycles. The van der Waals surface area contributed by atoms with Gasteiger partial charge < -0.3 is 16.2 Å². The minimum atomic E-state index is -0.576. The van der Waals surface area contributed by atoms with Crippen molar-refractivity contribution in [1.82, 2.24) is 5.32 Å². The van der Waals surface area contributed by atoms with Gasteiger partial charge in [-0.3, -0.25) is 4.79 Å². The molecule has 4 N–H and O–H groups in total. The summed E-state index contributed by atoms with van der Waals surface area (Å²) >= 11 is 0. The summed E-state index contributed by atoms with van der Waals surface area (Å²) in [5, 5.41) is 12.2. The molecule has 0 saturated carbocycles. The fraction of sp³-hybridized carbons (Fsp3) is 0.417. The molecular formula is C12H17FN2O2. The molecule has 0 aliphatic rings. The Kier molecular flexibility index (Phi) is 4.90. The van der Waals surface area contributed by atoms with Crippen LogP contribution in [0.1, 0.15) is 30.1 Å². The Labute approximate surface area is 99.6 Å². The minimum absolute atomic E-state index is 0.0306. The highest BCUT2D eigenvalue weighted by molar-refractivity contribution is 5.96. The predicted octanol–water partition coefficient (Wildman–Crippen LogP) is 1.39. The molecule has 94 valence electrons. The smallest absolute Gasteiger partial charge is 0.255 e. The number of nitrogens with two attached hydrogens (primary N) is 1. The molecule has 0 aliphatic carbocycles. The molecule has 0 aromatic heterocycles. The number of aromatic hydroxyl groups is 1. The van der Waals surface area contributed by atoms with Crippen LogP contribution in [0, 0.1) is 5.82 Å². The van der Waals surface area contributed by atoms with Gasteiger partial charge in [-0.15, -0.1) is 0 Å². The lowest BCUT2D eigenvalue weighted by Crippen LogP contribution is -2.35. The van der Waals surface area contributed by atoms with E-state index in [0.717, 1.165) is 18.6 Å². The van der Waals surface area contributed by atoms with Gasteiger partial charge >= 0.3 is 0 Å². The number of hydrogen-bond acceptors (Lipinski definition) is 3. The van der Waals surface area contributed by atoms with Crippen LogP contribution in [0.4, 0.5) is 4.39 Å². The lowest BCUT2D eigenvalue weighted by Gasteiger charge is -2.16. The summed E-state index contributed by atoms with van der Waals surface area (Å²) in [6, 6.07) is 3.28. The van der Waals surface area contributed by atoms with Crippen molar-refractivity contribution < 1.29 is 14.3 Å². The van der Waals surface area contributed by atoms with Crippen LogP contribution in [-0.2, 0) is 0 Å². The third-order valence-corrected chi connectivity index (χ3v) is 2.55. The van der Waals surface area contributed by atoms with E-state index >= 15 is 0 Å². The van der Waals surface area contributed by atoms with E-state index in [4.69, 9.17) is 5.73 Å². The molecule has 1 atom stereocenters. The van der Waals surface area contributed by atoms with E-state index in [-0.39, 0.29) is 17.4 Å². The predicted molar refractivity (Wildman–Crippen MR) is 63.3 cm³/mol.